The molecule has 1 rings (SSSR count). The van der Waals surface area contributed by atoms with E-state index in [0.29, 0.717) is 6.73 Å². The number of likely N-dealkylation sites (tertiary alicyclic amines) is 1. The molecule has 0 unspecified atom stereocenters. The second-order valence-corrected chi connectivity index (χ2v) is 5.26. The van der Waals surface area contributed by atoms with Gasteiger partial charge in [0, 0.05) is 32.6 Å². The van der Waals surface area contributed by atoms with Crippen LogP contribution >= 0.6 is 0 Å². The topological polar surface area (TPSA) is 28.1 Å². The van der Waals surface area contributed by atoms with Crippen LogP contribution in [-0.2, 0) is 4.74 Å². The second-order valence-electron chi connectivity index (χ2n) is 5.26. The quantitative estimate of drug-likeness (QED) is 0.407. The van der Waals surface area contributed by atoms with Gasteiger partial charge in [-0.3, -0.25) is 4.99 Å². The van der Waals surface area contributed by atoms with Gasteiger partial charge in [0.1, 0.15) is 6.73 Å². The van der Waals surface area contributed by atoms with Crippen LogP contribution in [0.2, 0.25) is 0 Å². The molecule has 0 N–H and O–H groups in total. The lowest BCUT2D eigenvalue weighted by molar-refractivity contribution is -0.0813. The molecule has 0 atom stereocenters. The van der Waals surface area contributed by atoms with Crippen LogP contribution in [0.4, 0.5) is 0 Å². The van der Waals surface area contributed by atoms with Gasteiger partial charge < -0.3 is 14.5 Å². The molecule has 0 aliphatic carbocycles. The Labute approximate surface area is 123 Å². The zero-order valence-electron chi connectivity index (χ0n) is 13.0. The number of hydrogen-bond donors (Lipinski definition) is 0. The van der Waals surface area contributed by atoms with Gasteiger partial charge in [0.25, 0.3) is 0 Å². The summed E-state index contributed by atoms with van der Waals surface area (Å²) < 4.78 is 6.19. The predicted molar refractivity (Wildman–Crippen MR) is 85.8 cm³/mol. The highest BCUT2D eigenvalue weighted by Crippen LogP contribution is 2.33. The van der Waals surface area contributed by atoms with Crippen LogP contribution in [0.1, 0.15) is 19.8 Å². The first-order chi connectivity index (χ1) is 9.54. The molecule has 0 saturated carbocycles. The molecule has 1 aliphatic rings. The summed E-state index contributed by atoms with van der Waals surface area (Å²) in [4.78, 5) is 8.36. The van der Waals surface area contributed by atoms with Crippen molar-refractivity contribution < 1.29 is 4.74 Å². The van der Waals surface area contributed by atoms with E-state index in [2.05, 4.69) is 30.1 Å². The first-order valence-electron chi connectivity index (χ1n) is 7.03. The van der Waals surface area contributed by atoms with Crippen molar-refractivity contribution in [1.82, 2.24) is 9.80 Å². The van der Waals surface area contributed by atoms with E-state index in [1.165, 1.54) is 0 Å². The zero-order chi connectivity index (χ0) is 15.0. The molecule has 0 aromatic rings. The van der Waals surface area contributed by atoms with Crippen molar-refractivity contribution >= 4 is 6.21 Å². The summed E-state index contributed by atoms with van der Waals surface area (Å²) in [5.41, 5.74) is 0.706. The lowest BCUT2D eigenvalue weighted by Gasteiger charge is -2.41. The Balaban J connectivity index is 2.78. The summed E-state index contributed by atoms with van der Waals surface area (Å²) >= 11 is 0. The smallest absolute Gasteiger partial charge is 0.119 e. The maximum absolute atomic E-state index is 6.19. The van der Waals surface area contributed by atoms with Gasteiger partial charge in [0.2, 0.25) is 0 Å². The maximum atomic E-state index is 6.19. The normalized spacial score (nSPS) is 19.6. The fraction of sp³-hybridized carbons (Fsp3) is 0.562. The molecule has 20 heavy (non-hydrogen) atoms. The van der Waals surface area contributed by atoms with E-state index in [1.54, 1.807) is 18.6 Å². The third kappa shape index (κ3) is 4.62. The Kier molecular flexibility index (Phi) is 6.68. The minimum atomic E-state index is -0.288. The van der Waals surface area contributed by atoms with Gasteiger partial charge in [-0.05, 0) is 44.7 Å². The van der Waals surface area contributed by atoms with Crippen LogP contribution in [0, 0.1) is 0 Å². The molecule has 112 valence electrons. The molecule has 0 spiro atoms. The summed E-state index contributed by atoms with van der Waals surface area (Å²) in [6, 6.07) is 0. The molecular weight excluding hydrogens is 250 g/mol. The third-order valence-electron chi connectivity index (χ3n) is 3.75. The number of piperidine rings is 1. The molecule has 1 heterocycles. The van der Waals surface area contributed by atoms with E-state index < -0.39 is 0 Å². The summed E-state index contributed by atoms with van der Waals surface area (Å²) in [7, 11) is 4.09. The first-order valence-corrected chi connectivity index (χ1v) is 7.03. The third-order valence-corrected chi connectivity index (χ3v) is 3.75. The fourth-order valence-electron chi connectivity index (χ4n) is 2.19. The molecule has 1 saturated heterocycles. The van der Waals surface area contributed by atoms with Gasteiger partial charge in [0.15, 0.2) is 0 Å². The van der Waals surface area contributed by atoms with Crippen molar-refractivity contribution in [3.05, 3.63) is 37.2 Å². The lowest BCUT2D eigenvalue weighted by Crippen LogP contribution is -2.46. The van der Waals surface area contributed by atoms with Crippen molar-refractivity contribution in [3.63, 3.8) is 0 Å². The van der Waals surface area contributed by atoms with Gasteiger partial charge in [-0.25, -0.2) is 0 Å². The van der Waals surface area contributed by atoms with Crippen LogP contribution in [0.3, 0.4) is 0 Å². The first kappa shape index (κ1) is 16.7. The van der Waals surface area contributed by atoms with Crippen LogP contribution in [0.25, 0.3) is 0 Å². The molecule has 0 amide bonds. The number of ether oxygens (including phenoxy) is 1. The standard InChI is InChI=1S/C16H27N3O/c1-6-17-11-8-15(3)16(20-14-18(4)7-2)9-12-19(5)13-10-16/h6-8,11H,2-3,9-10,12-14H2,1,4-5H3/b11-8-,17-6?. The van der Waals surface area contributed by atoms with Crippen LogP contribution < -0.4 is 0 Å². The number of rotatable bonds is 7. The Morgan fingerprint density at radius 1 is 1.45 bits per heavy atom. The molecular formula is C16H27N3O. The maximum Gasteiger partial charge on any atom is 0.119 e. The highest BCUT2D eigenvalue weighted by atomic mass is 16.5. The molecule has 1 fully saturated rings. The number of nitrogens with zero attached hydrogens (tertiary/aromatic N) is 3. The van der Waals surface area contributed by atoms with Crippen molar-refractivity contribution in [2.24, 2.45) is 4.99 Å². The molecule has 0 radical (unpaired) electrons. The molecule has 1 aliphatic heterocycles. The van der Waals surface area contributed by atoms with E-state index in [9.17, 15) is 0 Å². The van der Waals surface area contributed by atoms with Gasteiger partial charge in [0.05, 0.1) is 5.60 Å². The van der Waals surface area contributed by atoms with Crippen molar-refractivity contribution in [2.45, 2.75) is 25.4 Å². The van der Waals surface area contributed by atoms with Crippen LogP contribution in [-0.4, -0.2) is 55.5 Å². The summed E-state index contributed by atoms with van der Waals surface area (Å²) in [6.07, 6.45) is 9.17. The minimum Gasteiger partial charge on any atom is -0.359 e. The van der Waals surface area contributed by atoms with E-state index in [1.807, 2.05) is 24.9 Å². The Morgan fingerprint density at radius 3 is 2.65 bits per heavy atom. The molecule has 0 aromatic carbocycles. The largest absolute Gasteiger partial charge is 0.359 e. The summed E-state index contributed by atoms with van der Waals surface area (Å²) in [6.45, 7) is 12.4. The van der Waals surface area contributed by atoms with Crippen molar-refractivity contribution in [2.75, 3.05) is 33.9 Å². The van der Waals surface area contributed by atoms with Crippen LogP contribution in [0.5, 0.6) is 0 Å². The Hall–Kier alpha value is -1.39. The molecule has 0 aromatic heterocycles. The monoisotopic (exact) mass is 277 g/mol. The van der Waals surface area contributed by atoms with Crippen molar-refractivity contribution in [3.8, 4) is 0 Å². The highest BCUT2D eigenvalue weighted by molar-refractivity contribution is 5.54. The summed E-state index contributed by atoms with van der Waals surface area (Å²) in [5.74, 6) is 0. The van der Waals surface area contributed by atoms with Gasteiger partial charge in [-0.1, -0.05) is 13.2 Å². The fourth-order valence-corrected chi connectivity index (χ4v) is 2.19. The van der Waals surface area contributed by atoms with Crippen LogP contribution in [0.15, 0.2) is 42.2 Å². The Bertz CT molecular complexity index is 379. The van der Waals surface area contributed by atoms with E-state index in [4.69, 9.17) is 4.74 Å². The summed E-state index contributed by atoms with van der Waals surface area (Å²) in [5, 5.41) is 0. The van der Waals surface area contributed by atoms with Gasteiger partial charge >= 0.3 is 0 Å². The van der Waals surface area contributed by atoms with Crippen molar-refractivity contribution in [1.29, 1.82) is 0 Å². The number of hydrogen-bond acceptors (Lipinski definition) is 4. The lowest BCUT2D eigenvalue weighted by atomic mass is 9.84. The van der Waals surface area contributed by atoms with Gasteiger partial charge in [-0.15, -0.1) is 0 Å². The average Bonchev–Trinajstić information content (AvgIpc) is 2.46. The average molecular weight is 277 g/mol. The second kappa shape index (κ2) is 8.02. The molecule has 4 heteroatoms. The minimum absolute atomic E-state index is 0.288. The Morgan fingerprint density at radius 2 is 2.10 bits per heavy atom. The number of aliphatic imine (C=N–C) groups is 1. The van der Waals surface area contributed by atoms with E-state index >= 15 is 0 Å². The SMILES string of the molecule is C=CN(C)COC1(C(=C)/C=C\N=CC)CCN(C)CC1. The highest BCUT2D eigenvalue weighted by Gasteiger charge is 2.36. The zero-order valence-corrected chi connectivity index (χ0v) is 13.0. The van der Waals surface area contributed by atoms with E-state index in [0.717, 1.165) is 31.5 Å². The molecule has 4 nitrogen and oxygen atoms in total. The van der Waals surface area contributed by atoms with Gasteiger partial charge in [-0.2, -0.15) is 0 Å². The predicted octanol–water partition coefficient (Wildman–Crippen LogP) is 2.66. The van der Waals surface area contributed by atoms with E-state index in [-0.39, 0.29) is 5.60 Å². The molecule has 0 bridgehead atoms.